The van der Waals surface area contributed by atoms with Gasteiger partial charge in [-0.1, -0.05) is 43.5 Å². The molecule has 0 radical (unpaired) electrons. The van der Waals surface area contributed by atoms with Crippen LogP contribution < -0.4 is 10.3 Å². The van der Waals surface area contributed by atoms with Gasteiger partial charge in [0.05, 0.1) is 22.5 Å². The van der Waals surface area contributed by atoms with Crippen LogP contribution in [0.25, 0.3) is 22.3 Å². The number of nitrogens with one attached hydrogen (secondary N) is 1. The second-order valence-electron chi connectivity index (χ2n) is 5.63. The third-order valence-electron chi connectivity index (χ3n) is 3.82. The Hall–Kier alpha value is -2.33. The van der Waals surface area contributed by atoms with Crippen molar-refractivity contribution < 1.29 is 4.74 Å². The molecule has 5 heteroatoms. The molecule has 0 saturated carbocycles. The van der Waals surface area contributed by atoms with E-state index in [-0.39, 0.29) is 5.56 Å². The van der Waals surface area contributed by atoms with Gasteiger partial charge in [0.15, 0.2) is 0 Å². The number of halogens is 1. The van der Waals surface area contributed by atoms with Crippen LogP contribution >= 0.6 is 11.6 Å². The van der Waals surface area contributed by atoms with Crippen molar-refractivity contribution >= 4 is 22.5 Å². The largest absolute Gasteiger partial charge is 0.492 e. The van der Waals surface area contributed by atoms with Gasteiger partial charge in [-0.05, 0) is 36.8 Å². The second kappa shape index (κ2) is 7.49. The van der Waals surface area contributed by atoms with Crippen LogP contribution in [0.2, 0.25) is 5.02 Å². The molecule has 1 heterocycles. The smallest absolute Gasteiger partial charge is 0.259 e. The zero-order chi connectivity index (χ0) is 16.9. The minimum absolute atomic E-state index is 0.161. The topological polar surface area (TPSA) is 55.0 Å². The molecule has 1 aromatic heterocycles. The van der Waals surface area contributed by atoms with E-state index in [1.807, 2.05) is 30.3 Å². The standard InChI is InChI=1S/C19H19ClN2O2/c1-2-3-6-11-24-17-10-9-13(12-15(17)20)18-21-16-8-5-4-7-14(16)19(23)22-18/h4-5,7-10,12H,2-3,6,11H2,1H3,(H,21,22,23). The number of aromatic nitrogens is 2. The van der Waals surface area contributed by atoms with E-state index in [2.05, 4.69) is 16.9 Å². The van der Waals surface area contributed by atoms with Gasteiger partial charge in [-0.2, -0.15) is 0 Å². The Morgan fingerprint density at radius 2 is 2.00 bits per heavy atom. The Bertz CT molecular complexity index is 905. The predicted octanol–water partition coefficient (Wildman–Crippen LogP) is 4.81. The first-order valence-corrected chi connectivity index (χ1v) is 8.48. The van der Waals surface area contributed by atoms with E-state index >= 15 is 0 Å². The van der Waals surface area contributed by atoms with Crippen LogP contribution in [-0.4, -0.2) is 16.6 Å². The lowest BCUT2D eigenvalue weighted by molar-refractivity contribution is 0.306. The number of hydrogen-bond donors (Lipinski definition) is 1. The van der Waals surface area contributed by atoms with Crippen LogP contribution in [0.3, 0.4) is 0 Å². The Morgan fingerprint density at radius 3 is 2.79 bits per heavy atom. The van der Waals surface area contributed by atoms with E-state index in [4.69, 9.17) is 16.3 Å². The van der Waals surface area contributed by atoms with Crippen molar-refractivity contribution in [3.63, 3.8) is 0 Å². The quantitative estimate of drug-likeness (QED) is 0.654. The molecule has 4 nitrogen and oxygen atoms in total. The maximum absolute atomic E-state index is 12.2. The molecule has 0 atom stereocenters. The second-order valence-corrected chi connectivity index (χ2v) is 6.04. The van der Waals surface area contributed by atoms with Crippen molar-refractivity contribution in [2.75, 3.05) is 6.61 Å². The summed E-state index contributed by atoms with van der Waals surface area (Å²) in [4.78, 5) is 19.5. The minimum Gasteiger partial charge on any atom is -0.492 e. The molecule has 24 heavy (non-hydrogen) atoms. The fraction of sp³-hybridized carbons (Fsp3) is 0.263. The summed E-state index contributed by atoms with van der Waals surface area (Å²) in [6.07, 6.45) is 3.29. The number of rotatable bonds is 6. The van der Waals surface area contributed by atoms with Crippen LogP contribution in [0.4, 0.5) is 0 Å². The van der Waals surface area contributed by atoms with Gasteiger partial charge in [0.25, 0.3) is 5.56 Å². The van der Waals surface area contributed by atoms with E-state index in [0.29, 0.717) is 34.1 Å². The lowest BCUT2D eigenvalue weighted by atomic mass is 10.2. The minimum atomic E-state index is -0.161. The zero-order valence-electron chi connectivity index (χ0n) is 13.5. The number of benzene rings is 2. The Balaban J connectivity index is 1.87. The van der Waals surface area contributed by atoms with E-state index in [9.17, 15) is 4.79 Å². The zero-order valence-corrected chi connectivity index (χ0v) is 14.3. The maximum Gasteiger partial charge on any atom is 0.259 e. The molecule has 0 aliphatic rings. The van der Waals surface area contributed by atoms with E-state index in [0.717, 1.165) is 24.8 Å². The highest BCUT2D eigenvalue weighted by molar-refractivity contribution is 6.32. The normalized spacial score (nSPS) is 10.9. The molecular formula is C19H19ClN2O2. The van der Waals surface area contributed by atoms with Crippen LogP contribution in [0.5, 0.6) is 5.75 Å². The van der Waals surface area contributed by atoms with Gasteiger partial charge in [-0.25, -0.2) is 4.98 Å². The van der Waals surface area contributed by atoms with Gasteiger partial charge >= 0.3 is 0 Å². The lowest BCUT2D eigenvalue weighted by Gasteiger charge is -2.09. The number of ether oxygens (including phenoxy) is 1. The Morgan fingerprint density at radius 1 is 1.17 bits per heavy atom. The van der Waals surface area contributed by atoms with Gasteiger partial charge in [0, 0.05) is 5.56 Å². The number of fused-ring (bicyclic) bond motifs is 1. The SMILES string of the molecule is CCCCCOc1ccc(-c2nc3ccccc3c(=O)[nH]2)cc1Cl. The maximum atomic E-state index is 12.2. The number of unbranched alkanes of at least 4 members (excludes halogenated alkanes) is 2. The van der Waals surface area contributed by atoms with E-state index in [1.165, 1.54) is 0 Å². The molecule has 0 amide bonds. The first kappa shape index (κ1) is 16.5. The van der Waals surface area contributed by atoms with Gasteiger partial charge in [-0.15, -0.1) is 0 Å². The molecule has 0 bridgehead atoms. The molecule has 3 rings (SSSR count). The van der Waals surface area contributed by atoms with Gasteiger partial charge in [-0.3, -0.25) is 4.79 Å². The number of nitrogens with zero attached hydrogens (tertiary/aromatic N) is 1. The molecule has 0 spiro atoms. The fourth-order valence-electron chi connectivity index (χ4n) is 2.52. The summed E-state index contributed by atoms with van der Waals surface area (Å²) in [5, 5.41) is 1.09. The van der Waals surface area contributed by atoms with Crippen LogP contribution in [0.15, 0.2) is 47.3 Å². The predicted molar refractivity (Wildman–Crippen MR) is 97.8 cm³/mol. The number of para-hydroxylation sites is 1. The van der Waals surface area contributed by atoms with Gasteiger partial charge < -0.3 is 9.72 Å². The number of aromatic amines is 1. The van der Waals surface area contributed by atoms with Crippen LogP contribution in [0, 0.1) is 0 Å². The molecule has 3 aromatic rings. The molecule has 0 saturated heterocycles. The molecule has 0 fully saturated rings. The van der Waals surface area contributed by atoms with Crippen LogP contribution in [-0.2, 0) is 0 Å². The molecule has 2 aromatic carbocycles. The molecular weight excluding hydrogens is 324 g/mol. The monoisotopic (exact) mass is 342 g/mol. The summed E-state index contributed by atoms with van der Waals surface area (Å²) in [7, 11) is 0. The summed E-state index contributed by atoms with van der Waals surface area (Å²) in [5.74, 6) is 1.15. The first-order valence-electron chi connectivity index (χ1n) is 8.11. The van der Waals surface area contributed by atoms with Crippen molar-refractivity contribution in [3.8, 4) is 17.1 Å². The Kier molecular flexibility index (Phi) is 5.16. The highest BCUT2D eigenvalue weighted by Crippen LogP contribution is 2.29. The molecule has 0 aliphatic heterocycles. The first-order chi connectivity index (χ1) is 11.7. The highest BCUT2D eigenvalue weighted by atomic mass is 35.5. The van der Waals surface area contributed by atoms with Crippen molar-refractivity contribution in [2.24, 2.45) is 0 Å². The number of hydrogen-bond acceptors (Lipinski definition) is 3. The summed E-state index contributed by atoms with van der Waals surface area (Å²) >= 11 is 6.31. The lowest BCUT2D eigenvalue weighted by Crippen LogP contribution is -2.09. The van der Waals surface area contributed by atoms with Crippen molar-refractivity contribution in [1.29, 1.82) is 0 Å². The van der Waals surface area contributed by atoms with Gasteiger partial charge in [0.1, 0.15) is 11.6 Å². The molecule has 124 valence electrons. The average Bonchev–Trinajstić information content (AvgIpc) is 2.60. The van der Waals surface area contributed by atoms with Crippen molar-refractivity contribution in [1.82, 2.24) is 9.97 Å². The molecule has 0 unspecified atom stereocenters. The summed E-state index contributed by atoms with van der Waals surface area (Å²) < 4.78 is 5.70. The third kappa shape index (κ3) is 3.60. The highest BCUT2D eigenvalue weighted by Gasteiger charge is 2.09. The number of H-pyrrole nitrogens is 1. The summed E-state index contributed by atoms with van der Waals surface area (Å²) in [5.41, 5.74) is 1.25. The van der Waals surface area contributed by atoms with Crippen molar-refractivity contribution in [2.45, 2.75) is 26.2 Å². The van der Waals surface area contributed by atoms with Crippen molar-refractivity contribution in [3.05, 3.63) is 57.8 Å². The Labute approximate surface area is 145 Å². The van der Waals surface area contributed by atoms with Gasteiger partial charge in [0.2, 0.25) is 0 Å². The summed E-state index contributed by atoms with van der Waals surface area (Å²) in [6.45, 7) is 2.80. The average molecular weight is 343 g/mol. The van der Waals surface area contributed by atoms with Crippen LogP contribution in [0.1, 0.15) is 26.2 Å². The summed E-state index contributed by atoms with van der Waals surface area (Å²) in [6, 6.07) is 12.7. The van der Waals surface area contributed by atoms with E-state index < -0.39 is 0 Å². The third-order valence-corrected chi connectivity index (χ3v) is 4.12. The molecule has 1 N–H and O–H groups in total. The fourth-order valence-corrected chi connectivity index (χ4v) is 2.76. The molecule has 0 aliphatic carbocycles. The van der Waals surface area contributed by atoms with E-state index in [1.54, 1.807) is 12.1 Å².